The van der Waals surface area contributed by atoms with Gasteiger partial charge in [0, 0.05) is 31.7 Å². The van der Waals surface area contributed by atoms with Crippen molar-refractivity contribution in [3.05, 3.63) is 0 Å². The molecule has 0 aliphatic carbocycles. The zero-order valence-corrected chi connectivity index (χ0v) is 13.8. The monoisotopic (exact) mass is 281 g/mol. The van der Waals surface area contributed by atoms with Crippen LogP contribution in [0.5, 0.6) is 0 Å². The Morgan fingerprint density at radius 3 is 2.30 bits per heavy atom. The number of hydrogen-bond donors (Lipinski definition) is 0. The van der Waals surface area contributed by atoms with E-state index in [1.807, 2.05) is 0 Å². The second kappa shape index (κ2) is 6.44. The molecule has 3 atom stereocenters. The number of likely N-dealkylation sites (N-methyl/N-ethyl adjacent to an activating group) is 1. The molecule has 116 valence electrons. The maximum atomic E-state index is 12.9. The lowest BCUT2D eigenvalue weighted by Crippen LogP contribution is -2.71. The molecule has 1 amide bonds. The Labute approximate surface area is 124 Å². The van der Waals surface area contributed by atoms with Crippen molar-refractivity contribution in [2.75, 3.05) is 40.3 Å². The minimum Gasteiger partial charge on any atom is -0.334 e. The molecule has 0 aromatic heterocycles. The summed E-state index contributed by atoms with van der Waals surface area (Å²) >= 11 is 0. The highest BCUT2D eigenvalue weighted by atomic mass is 16.2. The van der Waals surface area contributed by atoms with E-state index in [2.05, 4.69) is 49.6 Å². The normalized spacial score (nSPS) is 27.9. The van der Waals surface area contributed by atoms with Crippen LogP contribution < -0.4 is 0 Å². The van der Waals surface area contributed by atoms with Gasteiger partial charge in [0.25, 0.3) is 0 Å². The molecule has 0 aromatic rings. The van der Waals surface area contributed by atoms with E-state index in [-0.39, 0.29) is 5.92 Å². The summed E-state index contributed by atoms with van der Waals surface area (Å²) in [5.74, 6) is 1.16. The standard InChI is InChI=1S/C16H31N3O/c1-6-18-10-14-8-15(11-18)19(14)16(20)13(7-12(2)3)9-17(4)5/h12-15H,6-11H2,1-5H3. The SMILES string of the molecule is CCN1CC2CC(C1)N2C(=O)C(CC(C)C)CN(C)C. The van der Waals surface area contributed by atoms with Crippen LogP contribution in [0.1, 0.15) is 33.6 Å². The van der Waals surface area contributed by atoms with Crippen LogP contribution in [0.2, 0.25) is 0 Å². The van der Waals surface area contributed by atoms with E-state index in [1.165, 1.54) is 6.42 Å². The predicted octanol–water partition coefficient (Wildman–Crippen LogP) is 1.52. The van der Waals surface area contributed by atoms with Crippen LogP contribution in [0.4, 0.5) is 0 Å². The third-order valence-corrected chi connectivity index (χ3v) is 4.66. The Morgan fingerprint density at radius 2 is 1.85 bits per heavy atom. The summed E-state index contributed by atoms with van der Waals surface area (Å²) in [6.07, 6.45) is 2.23. The second-order valence-corrected chi connectivity index (χ2v) is 7.23. The fourth-order valence-electron chi connectivity index (χ4n) is 3.79. The summed E-state index contributed by atoms with van der Waals surface area (Å²) in [5.41, 5.74) is 0. The average Bonchev–Trinajstić information content (AvgIpc) is 2.36. The molecule has 20 heavy (non-hydrogen) atoms. The molecule has 3 heterocycles. The molecule has 3 aliphatic heterocycles. The zero-order valence-electron chi connectivity index (χ0n) is 13.8. The van der Waals surface area contributed by atoms with Crippen LogP contribution >= 0.6 is 0 Å². The largest absolute Gasteiger partial charge is 0.334 e. The van der Waals surface area contributed by atoms with Gasteiger partial charge in [-0.3, -0.25) is 9.69 Å². The topological polar surface area (TPSA) is 26.8 Å². The predicted molar refractivity (Wildman–Crippen MR) is 82.7 cm³/mol. The molecule has 2 bridgehead atoms. The third-order valence-electron chi connectivity index (χ3n) is 4.66. The van der Waals surface area contributed by atoms with Crippen molar-refractivity contribution in [3.63, 3.8) is 0 Å². The molecule has 0 aromatic carbocycles. The minimum atomic E-state index is 0.170. The van der Waals surface area contributed by atoms with Gasteiger partial charge in [-0.05, 0) is 39.4 Å². The Kier molecular flexibility index (Phi) is 5.08. The lowest BCUT2D eigenvalue weighted by Gasteiger charge is -2.57. The summed E-state index contributed by atoms with van der Waals surface area (Å²) in [6.45, 7) is 10.8. The molecular formula is C16H31N3O. The molecule has 3 fully saturated rings. The van der Waals surface area contributed by atoms with Crippen molar-refractivity contribution in [3.8, 4) is 0 Å². The molecule has 3 aliphatic rings. The molecule has 0 radical (unpaired) electrons. The van der Waals surface area contributed by atoms with Crippen LogP contribution in [0.25, 0.3) is 0 Å². The first-order valence-electron chi connectivity index (χ1n) is 8.11. The lowest BCUT2D eigenvalue weighted by molar-refractivity contribution is -0.159. The van der Waals surface area contributed by atoms with E-state index >= 15 is 0 Å². The number of nitrogens with zero attached hydrogens (tertiary/aromatic N) is 3. The van der Waals surface area contributed by atoms with E-state index in [1.54, 1.807) is 0 Å². The number of fused-ring (bicyclic) bond motifs is 2. The van der Waals surface area contributed by atoms with Gasteiger partial charge in [0.1, 0.15) is 0 Å². The first kappa shape index (κ1) is 15.8. The lowest BCUT2D eigenvalue weighted by atomic mass is 9.84. The first-order chi connectivity index (χ1) is 9.42. The van der Waals surface area contributed by atoms with Gasteiger partial charge in [-0.2, -0.15) is 0 Å². The Balaban J connectivity index is 1.98. The van der Waals surface area contributed by atoms with E-state index < -0.39 is 0 Å². The summed E-state index contributed by atoms with van der Waals surface area (Å²) in [4.78, 5) is 19.7. The number of piperazine rings is 1. The van der Waals surface area contributed by atoms with Gasteiger partial charge in [0.05, 0.1) is 5.92 Å². The van der Waals surface area contributed by atoms with Gasteiger partial charge < -0.3 is 9.80 Å². The fraction of sp³-hybridized carbons (Fsp3) is 0.938. The fourth-order valence-corrected chi connectivity index (χ4v) is 3.79. The van der Waals surface area contributed by atoms with Gasteiger partial charge in [-0.15, -0.1) is 0 Å². The summed E-state index contributed by atoms with van der Waals surface area (Å²) in [7, 11) is 4.13. The zero-order chi connectivity index (χ0) is 14.9. The number of amides is 1. The molecule has 3 rings (SSSR count). The molecule has 4 heteroatoms. The summed E-state index contributed by atoms with van der Waals surface area (Å²) < 4.78 is 0. The second-order valence-electron chi connectivity index (χ2n) is 7.23. The average molecular weight is 281 g/mol. The smallest absolute Gasteiger partial charge is 0.227 e. The summed E-state index contributed by atoms with van der Waals surface area (Å²) in [6, 6.07) is 0.969. The Bertz CT molecular complexity index is 321. The highest BCUT2D eigenvalue weighted by molar-refractivity contribution is 5.81. The molecule has 0 spiro atoms. The van der Waals surface area contributed by atoms with Crippen LogP contribution in [0, 0.1) is 11.8 Å². The summed E-state index contributed by atoms with van der Waals surface area (Å²) in [5, 5.41) is 0. The van der Waals surface area contributed by atoms with E-state index in [0.29, 0.717) is 23.9 Å². The minimum absolute atomic E-state index is 0.170. The number of carbonyl (C=O) groups is 1. The van der Waals surface area contributed by atoms with Crippen molar-refractivity contribution >= 4 is 5.91 Å². The molecule has 0 saturated carbocycles. The van der Waals surface area contributed by atoms with Crippen molar-refractivity contribution < 1.29 is 4.79 Å². The molecule has 0 N–H and O–H groups in total. The number of carbonyl (C=O) groups excluding carboxylic acids is 1. The van der Waals surface area contributed by atoms with Crippen LogP contribution in [-0.4, -0.2) is 73.0 Å². The maximum Gasteiger partial charge on any atom is 0.227 e. The number of hydrogen-bond acceptors (Lipinski definition) is 3. The van der Waals surface area contributed by atoms with Gasteiger partial charge in [-0.1, -0.05) is 20.8 Å². The molecule has 4 nitrogen and oxygen atoms in total. The first-order valence-corrected chi connectivity index (χ1v) is 8.11. The van der Waals surface area contributed by atoms with E-state index in [0.717, 1.165) is 32.6 Å². The van der Waals surface area contributed by atoms with E-state index in [4.69, 9.17) is 0 Å². The van der Waals surface area contributed by atoms with Gasteiger partial charge in [0.2, 0.25) is 5.91 Å². The Morgan fingerprint density at radius 1 is 1.25 bits per heavy atom. The van der Waals surface area contributed by atoms with Crippen LogP contribution in [0.3, 0.4) is 0 Å². The van der Waals surface area contributed by atoms with Crippen LogP contribution in [0.15, 0.2) is 0 Å². The Hall–Kier alpha value is -0.610. The maximum absolute atomic E-state index is 12.9. The highest BCUT2D eigenvalue weighted by Gasteiger charge is 2.48. The van der Waals surface area contributed by atoms with Crippen molar-refractivity contribution in [1.29, 1.82) is 0 Å². The molecule has 3 unspecified atom stereocenters. The van der Waals surface area contributed by atoms with Crippen LogP contribution in [-0.2, 0) is 4.79 Å². The van der Waals surface area contributed by atoms with Crippen molar-refractivity contribution in [1.82, 2.24) is 14.7 Å². The quantitative estimate of drug-likeness (QED) is 0.738. The van der Waals surface area contributed by atoms with Gasteiger partial charge in [0.15, 0.2) is 0 Å². The number of piperidine rings is 1. The third kappa shape index (κ3) is 3.34. The van der Waals surface area contributed by atoms with Gasteiger partial charge >= 0.3 is 0 Å². The highest BCUT2D eigenvalue weighted by Crippen LogP contribution is 2.34. The van der Waals surface area contributed by atoms with Crippen molar-refractivity contribution in [2.45, 2.75) is 45.7 Å². The van der Waals surface area contributed by atoms with Crippen molar-refractivity contribution in [2.24, 2.45) is 11.8 Å². The van der Waals surface area contributed by atoms with E-state index in [9.17, 15) is 4.79 Å². The number of rotatable bonds is 6. The molecular weight excluding hydrogens is 250 g/mol. The molecule has 3 saturated heterocycles. The van der Waals surface area contributed by atoms with Gasteiger partial charge in [-0.25, -0.2) is 0 Å².